The molecule has 34 heavy (non-hydrogen) atoms. The molecule has 3 aromatic rings. The first-order chi connectivity index (χ1) is 16.3. The van der Waals surface area contributed by atoms with Crippen LogP contribution >= 0.6 is 0 Å². The van der Waals surface area contributed by atoms with E-state index in [-0.39, 0.29) is 17.9 Å². The number of carbonyl (C=O) groups excluding carboxylic acids is 2. The van der Waals surface area contributed by atoms with E-state index in [1.165, 1.54) is 4.90 Å². The fourth-order valence-electron chi connectivity index (χ4n) is 3.94. The average molecular weight is 451 g/mol. The smallest absolute Gasteiger partial charge is 0.319 e. The summed E-state index contributed by atoms with van der Waals surface area (Å²) in [5, 5.41) is 5.56. The molecule has 0 bridgehead atoms. The van der Waals surface area contributed by atoms with Crippen LogP contribution in [0.15, 0.2) is 83.9 Å². The normalized spacial score (nSPS) is 17.4. The maximum Gasteiger partial charge on any atom is 0.319 e. The Balaban J connectivity index is 1.32. The van der Waals surface area contributed by atoms with Crippen molar-refractivity contribution in [3.05, 3.63) is 95.6 Å². The second kappa shape index (κ2) is 9.83. The van der Waals surface area contributed by atoms with Gasteiger partial charge in [-0.25, -0.2) is 9.79 Å². The summed E-state index contributed by atoms with van der Waals surface area (Å²) < 4.78 is 0. The minimum atomic E-state index is -0.911. The summed E-state index contributed by atoms with van der Waals surface area (Å²) in [6.45, 7) is 2.51. The molecule has 8 heteroatoms. The molecule has 3 amide bonds. The number of rotatable bonds is 7. The summed E-state index contributed by atoms with van der Waals surface area (Å²) in [7, 11) is 5.73. The molecule has 1 aliphatic rings. The summed E-state index contributed by atoms with van der Waals surface area (Å²) in [6.07, 6.45) is 0.492. The molecule has 0 saturated heterocycles. The van der Waals surface area contributed by atoms with Gasteiger partial charge in [-0.05, 0) is 35.7 Å². The largest absolute Gasteiger partial charge is 0.369 e. The maximum atomic E-state index is 13.1. The Morgan fingerprint density at radius 1 is 1.00 bits per heavy atom. The van der Waals surface area contributed by atoms with Gasteiger partial charge in [0.15, 0.2) is 5.96 Å². The van der Waals surface area contributed by atoms with Crippen LogP contribution in [-0.4, -0.2) is 36.2 Å². The van der Waals surface area contributed by atoms with Crippen molar-refractivity contribution >= 4 is 36.9 Å². The second-order valence-electron chi connectivity index (χ2n) is 8.55. The number of benzene rings is 3. The number of anilines is 1. The molecule has 0 aromatic heterocycles. The van der Waals surface area contributed by atoms with Gasteiger partial charge in [-0.1, -0.05) is 72.2 Å². The molecular weight excluding hydrogens is 425 g/mol. The molecule has 0 fully saturated rings. The SMILES string of the molecule is [B]c1cccc(NC(=O)NCc2ccc(CN3C(=O)C(C)(Cc4ccccc4)N=C3N)cc2)c1. The van der Waals surface area contributed by atoms with E-state index in [1.54, 1.807) is 24.3 Å². The Hall–Kier alpha value is -4.07. The molecule has 1 atom stereocenters. The highest BCUT2D eigenvalue weighted by atomic mass is 16.2. The molecule has 4 rings (SSSR count). The van der Waals surface area contributed by atoms with Gasteiger partial charge in [0.2, 0.25) is 0 Å². The minimum absolute atomic E-state index is 0.113. The number of urea groups is 1. The van der Waals surface area contributed by atoms with Crippen LogP contribution in [0.4, 0.5) is 10.5 Å². The summed E-state index contributed by atoms with van der Waals surface area (Å²) >= 11 is 0. The lowest BCUT2D eigenvalue weighted by molar-refractivity contribution is -0.131. The van der Waals surface area contributed by atoms with E-state index in [0.29, 0.717) is 30.7 Å². The molecule has 1 aliphatic heterocycles. The molecule has 0 saturated carbocycles. The Bertz CT molecular complexity index is 1210. The van der Waals surface area contributed by atoms with Crippen molar-refractivity contribution in [2.24, 2.45) is 10.7 Å². The Morgan fingerprint density at radius 3 is 2.41 bits per heavy atom. The third kappa shape index (κ3) is 5.46. The van der Waals surface area contributed by atoms with Gasteiger partial charge in [0, 0.05) is 18.7 Å². The Morgan fingerprint density at radius 2 is 1.71 bits per heavy atom. The molecule has 2 radical (unpaired) electrons. The molecule has 170 valence electrons. The highest BCUT2D eigenvalue weighted by Gasteiger charge is 2.43. The standard InChI is InChI=1S/C26H26BN5O2/c1-26(15-18-6-3-2-4-7-18)23(33)32(24(28)31-26)17-20-12-10-19(11-13-20)16-29-25(34)30-22-9-5-8-21(27)14-22/h2-14H,15-17H2,1H3,(H2,28,31)(H2,29,30,34). The number of nitrogens with one attached hydrogen (secondary N) is 2. The monoisotopic (exact) mass is 451 g/mol. The van der Waals surface area contributed by atoms with Gasteiger partial charge in [0.05, 0.1) is 6.54 Å². The zero-order valence-corrected chi connectivity index (χ0v) is 19.0. The third-order valence-corrected chi connectivity index (χ3v) is 5.70. The van der Waals surface area contributed by atoms with E-state index in [9.17, 15) is 9.59 Å². The fraction of sp³-hybridized carbons (Fsp3) is 0.192. The highest BCUT2D eigenvalue weighted by Crippen LogP contribution is 2.27. The van der Waals surface area contributed by atoms with E-state index >= 15 is 0 Å². The van der Waals surface area contributed by atoms with E-state index in [1.807, 2.05) is 61.5 Å². The minimum Gasteiger partial charge on any atom is -0.369 e. The van der Waals surface area contributed by atoms with E-state index in [4.69, 9.17) is 13.6 Å². The van der Waals surface area contributed by atoms with Gasteiger partial charge in [-0.2, -0.15) is 0 Å². The molecule has 1 heterocycles. The van der Waals surface area contributed by atoms with Crippen molar-refractivity contribution < 1.29 is 9.59 Å². The number of guanidine groups is 1. The van der Waals surface area contributed by atoms with Crippen LogP contribution in [0.3, 0.4) is 0 Å². The maximum absolute atomic E-state index is 13.1. The molecule has 0 spiro atoms. The predicted octanol–water partition coefficient (Wildman–Crippen LogP) is 2.46. The van der Waals surface area contributed by atoms with Crippen LogP contribution < -0.4 is 21.8 Å². The van der Waals surface area contributed by atoms with Crippen molar-refractivity contribution in [3.8, 4) is 0 Å². The zero-order valence-electron chi connectivity index (χ0n) is 19.0. The topological polar surface area (TPSA) is 99.8 Å². The summed E-state index contributed by atoms with van der Waals surface area (Å²) in [6, 6.07) is 24.1. The molecule has 7 nitrogen and oxygen atoms in total. The summed E-state index contributed by atoms with van der Waals surface area (Å²) in [5.74, 6) is 0.116. The van der Waals surface area contributed by atoms with Crippen molar-refractivity contribution in [2.45, 2.75) is 32.0 Å². The summed E-state index contributed by atoms with van der Waals surface area (Å²) in [4.78, 5) is 31.3. The van der Waals surface area contributed by atoms with Crippen LogP contribution in [0, 0.1) is 0 Å². The van der Waals surface area contributed by atoms with E-state index in [0.717, 1.165) is 16.7 Å². The van der Waals surface area contributed by atoms with Gasteiger partial charge in [-0.15, -0.1) is 0 Å². The molecule has 3 aromatic carbocycles. The number of amides is 3. The van der Waals surface area contributed by atoms with Crippen molar-refractivity contribution in [1.82, 2.24) is 10.2 Å². The first-order valence-electron chi connectivity index (χ1n) is 11.0. The number of nitrogens with two attached hydrogens (primary N) is 1. The van der Waals surface area contributed by atoms with Gasteiger partial charge in [-0.3, -0.25) is 9.69 Å². The van der Waals surface area contributed by atoms with Crippen LogP contribution in [0.25, 0.3) is 0 Å². The predicted molar refractivity (Wildman–Crippen MR) is 135 cm³/mol. The average Bonchev–Trinajstić information content (AvgIpc) is 3.02. The van der Waals surface area contributed by atoms with Crippen molar-refractivity contribution in [1.29, 1.82) is 0 Å². The lowest BCUT2D eigenvalue weighted by Crippen LogP contribution is -2.43. The Labute approximate surface area is 200 Å². The van der Waals surface area contributed by atoms with Crippen molar-refractivity contribution in [3.63, 3.8) is 0 Å². The zero-order chi connectivity index (χ0) is 24.1. The fourth-order valence-corrected chi connectivity index (χ4v) is 3.94. The first kappa shape index (κ1) is 23.1. The molecule has 0 aliphatic carbocycles. The van der Waals surface area contributed by atoms with Crippen LogP contribution in [-0.2, 0) is 24.3 Å². The van der Waals surface area contributed by atoms with Gasteiger partial charge >= 0.3 is 6.03 Å². The summed E-state index contributed by atoms with van der Waals surface area (Å²) in [5.41, 5.74) is 9.30. The molecule has 1 unspecified atom stereocenters. The van der Waals surface area contributed by atoms with Gasteiger partial charge < -0.3 is 16.4 Å². The quantitative estimate of drug-likeness (QED) is 0.482. The van der Waals surface area contributed by atoms with Gasteiger partial charge in [0.25, 0.3) is 5.91 Å². The highest BCUT2D eigenvalue weighted by molar-refractivity contribution is 6.32. The third-order valence-electron chi connectivity index (χ3n) is 5.70. The molecule has 4 N–H and O–H groups in total. The van der Waals surface area contributed by atoms with Crippen LogP contribution in [0.5, 0.6) is 0 Å². The second-order valence-corrected chi connectivity index (χ2v) is 8.55. The lowest BCUT2D eigenvalue weighted by atomic mass is 9.93. The molecular formula is C26H26BN5O2. The van der Waals surface area contributed by atoms with Gasteiger partial charge in [0.1, 0.15) is 13.4 Å². The van der Waals surface area contributed by atoms with E-state index in [2.05, 4.69) is 15.6 Å². The van der Waals surface area contributed by atoms with Crippen LogP contribution in [0.1, 0.15) is 23.6 Å². The number of aliphatic imine (C=N–C) groups is 1. The first-order valence-corrected chi connectivity index (χ1v) is 11.0. The van der Waals surface area contributed by atoms with E-state index < -0.39 is 5.54 Å². The number of hydrogen-bond donors (Lipinski definition) is 3. The van der Waals surface area contributed by atoms with Crippen LogP contribution in [0.2, 0.25) is 0 Å². The Kier molecular flexibility index (Phi) is 6.68. The van der Waals surface area contributed by atoms with Crippen molar-refractivity contribution in [2.75, 3.05) is 5.32 Å². The number of nitrogens with zero attached hydrogens (tertiary/aromatic N) is 2. The number of carbonyl (C=O) groups is 2. The number of hydrogen-bond acceptors (Lipinski definition) is 4. The lowest BCUT2D eigenvalue weighted by Gasteiger charge is -2.22.